The lowest BCUT2D eigenvalue weighted by Gasteiger charge is -2.22. The van der Waals surface area contributed by atoms with E-state index in [1.807, 2.05) is 0 Å². The van der Waals surface area contributed by atoms with Crippen molar-refractivity contribution in [3.05, 3.63) is 23.9 Å². The molecule has 1 aliphatic heterocycles. The molecule has 1 aliphatic carbocycles. The Kier molecular flexibility index (Phi) is 3.72. The SMILES string of the molecule is CC(C)(C)NCc1cccc(N2CC3CCCC3C2)n1. The fraction of sp³-hybridized carbons (Fsp3) is 0.706. The summed E-state index contributed by atoms with van der Waals surface area (Å²) in [7, 11) is 0. The molecule has 1 aromatic heterocycles. The normalized spacial score (nSPS) is 26.1. The Bertz CT molecular complexity index is 452. The van der Waals surface area contributed by atoms with Gasteiger partial charge in [0.25, 0.3) is 0 Å². The van der Waals surface area contributed by atoms with Gasteiger partial charge in [-0.05, 0) is 57.6 Å². The Morgan fingerprint density at radius 2 is 1.90 bits per heavy atom. The van der Waals surface area contributed by atoms with Gasteiger partial charge in [0, 0.05) is 25.2 Å². The molecule has 2 heterocycles. The zero-order chi connectivity index (χ0) is 14.2. The van der Waals surface area contributed by atoms with E-state index >= 15 is 0 Å². The zero-order valence-electron chi connectivity index (χ0n) is 13.0. The molecule has 3 heteroatoms. The van der Waals surface area contributed by atoms with Gasteiger partial charge in [-0.1, -0.05) is 12.5 Å². The molecule has 110 valence electrons. The van der Waals surface area contributed by atoms with Gasteiger partial charge in [0.15, 0.2) is 0 Å². The molecule has 20 heavy (non-hydrogen) atoms. The predicted octanol–water partition coefficient (Wildman–Crippen LogP) is 3.21. The van der Waals surface area contributed by atoms with Crippen LogP contribution in [0.3, 0.4) is 0 Å². The molecule has 0 bridgehead atoms. The van der Waals surface area contributed by atoms with Gasteiger partial charge < -0.3 is 10.2 Å². The van der Waals surface area contributed by atoms with Gasteiger partial charge in [-0.3, -0.25) is 0 Å². The summed E-state index contributed by atoms with van der Waals surface area (Å²) < 4.78 is 0. The van der Waals surface area contributed by atoms with Crippen molar-refractivity contribution >= 4 is 5.82 Å². The van der Waals surface area contributed by atoms with E-state index in [9.17, 15) is 0 Å². The molecule has 0 aromatic carbocycles. The third-order valence-corrected chi connectivity index (χ3v) is 4.64. The third kappa shape index (κ3) is 3.14. The second-order valence-corrected chi connectivity index (χ2v) is 7.45. The number of nitrogens with zero attached hydrogens (tertiary/aromatic N) is 2. The highest BCUT2D eigenvalue weighted by molar-refractivity contribution is 5.41. The summed E-state index contributed by atoms with van der Waals surface area (Å²) in [6.07, 6.45) is 4.28. The van der Waals surface area contributed by atoms with Gasteiger partial charge in [0.2, 0.25) is 0 Å². The second-order valence-electron chi connectivity index (χ2n) is 7.45. The number of rotatable bonds is 3. The molecule has 1 saturated heterocycles. The van der Waals surface area contributed by atoms with Crippen LogP contribution in [-0.2, 0) is 6.54 Å². The van der Waals surface area contributed by atoms with E-state index in [1.165, 1.54) is 38.2 Å². The number of pyridine rings is 1. The van der Waals surface area contributed by atoms with E-state index in [-0.39, 0.29) is 5.54 Å². The lowest BCUT2D eigenvalue weighted by atomic mass is 10.0. The highest BCUT2D eigenvalue weighted by atomic mass is 15.2. The van der Waals surface area contributed by atoms with Crippen LogP contribution < -0.4 is 10.2 Å². The van der Waals surface area contributed by atoms with Gasteiger partial charge in [0.1, 0.15) is 5.82 Å². The van der Waals surface area contributed by atoms with E-state index in [1.54, 1.807) is 0 Å². The number of hydrogen-bond donors (Lipinski definition) is 1. The van der Waals surface area contributed by atoms with Crippen molar-refractivity contribution in [1.82, 2.24) is 10.3 Å². The Balaban J connectivity index is 1.66. The largest absolute Gasteiger partial charge is 0.356 e. The molecule has 3 rings (SSSR count). The van der Waals surface area contributed by atoms with Crippen LogP contribution in [0.5, 0.6) is 0 Å². The third-order valence-electron chi connectivity index (χ3n) is 4.64. The molecular weight excluding hydrogens is 246 g/mol. The van der Waals surface area contributed by atoms with Gasteiger partial charge in [-0.15, -0.1) is 0 Å². The van der Waals surface area contributed by atoms with Crippen LogP contribution in [0.2, 0.25) is 0 Å². The topological polar surface area (TPSA) is 28.2 Å². The first-order valence-corrected chi connectivity index (χ1v) is 7.97. The van der Waals surface area contributed by atoms with Crippen LogP contribution in [0.4, 0.5) is 5.82 Å². The lowest BCUT2D eigenvalue weighted by molar-refractivity contribution is 0.421. The number of anilines is 1. The van der Waals surface area contributed by atoms with E-state index in [2.05, 4.69) is 49.2 Å². The number of hydrogen-bond acceptors (Lipinski definition) is 3. The molecule has 0 radical (unpaired) electrons. The van der Waals surface area contributed by atoms with Crippen molar-refractivity contribution in [2.75, 3.05) is 18.0 Å². The minimum atomic E-state index is 0.141. The highest BCUT2D eigenvalue weighted by Gasteiger charge is 2.36. The van der Waals surface area contributed by atoms with Crippen LogP contribution in [0, 0.1) is 11.8 Å². The maximum atomic E-state index is 4.85. The summed E-state index contributed by atoms with van der Waals surface area (Å²) in [5, 5.41) is 3.51. The molecule has 2 atom stereocenters. The minimum Gasteiger partial charge on any atom is -0.356 e. The first kappa shape index (κ1) is 13.9. The van der Waals surface area contributed by atoms with Crippen molar-refractivity contribution < 1.29 is 0 Å². The Morgan fingerprint density at radius 1 is 1.20 bits per heavy atom. The maximum Gasteiger partial charge on any atom is 0.128 e. The van der Waals surface area contributed by atoms with Crippen LogP contribution >= 0.6 is 0 Å². The van der Waals surface area contributed by atoms with Crippen LogP contribution in [-0.4, -0.2) is 23.6 Å². The van der Waals surface area contributed by atoms with E-state index in [4.69, 9.17) is 4.98 Å². The molecule has 1 aromatic rings. The van der Waals surface area contributed by atoms with E-state index < -0.39 is 0 Å². The number of nitrogens with one attached hydrogen (secondary N) is 1. The van der Waals surface area contributed by atoms with Crippen LogP contribution in [0.1, 0.15) is 45.7 Å². The highest BCUT2D eigenvalue weighted by Crippen LogP contribution is 2.39. The Morgan fingerprint density at radius 3 is 2.55 bits per heavy atom. The summed E-state index contributed by atoms with van der Waals surface area (Å²) in [6.45, 7) is 9.86. The van der Waals surface area contributed by atoms with Gasteiger partial charge in [-0.2, -0.15) is 0 Å². The van der Waals surface area contributed by atoms with Crippen molar-refractivity contribution in [3.8, 4) is 0 Å². The smallest absolute Gasteiger partial charge is 0.128 e. The molecule has 1 N–H and O–H groups in total. The maximum absolute atomic E-state index is 4.85. The monoisotopic (exact) mass is 273 g/mol. The lowest BCUT2D eigenvalue weighted by Crippen LogP contribution is -2.35. The summed E-state index contributed by atoms with van der Waals surface area (Å²) in [4.78, 5) is 7.34. The van der Waals surface area contributed by atoms with Gasteiger partial charge in [0.05, 0.1) is 5.69 Å². The first-order valence-electron chi connectivity index (χ1n) is 7.97. The van der Waals surface area contributed by atoms with Crippen molar-refractivity contribution in [2.45, 2.75) is 52.1 Å². The molecule has 2 fully saturated rings. The van der Waals surface area contributed by atoms with Crippen molar-refractivity contribution in [2.24, 2.45) is 11.8 Å². The minimum absolute atomic E-state index is 0.141. The summed E-state index contributed by atoms with van der Waals surface area (Å²) in [5.41, 5.74) is 1.29. The van der Waals surface area contributed by atoms with E-state index in [0.717, 1.165) is 24.1 Å². The number of aromatic nitrogens is 1. The molecule has 1 saturated carbocycles. The molecule has 0 spiro atoms. The molecule has 2 aliphatic rings. The van der Waals surface area contributed by atoms with Crippen molar-refractivity contribution in [3.63, 3.8) is 0 Å². The number of fused-ring (bicyclic) bond motifs is 1. The van der Waals surface area contributed by atoms with Crippen LogP contribution in [0.15, 0.2) is 18.2 Å². The molecule has 2 unspecified atom stereocenters. The van der Waals surface area contributed by atoms with Gasteiger partial charge >= 0.3 is 0 Å². The second kappa shape index (κ2) is 5.36. The molecular formula is C17H27N3. The average Bonchev–Trinajstić information content (AvgIpc) is 2.96. The quantitative estimate of drug-likeness (QED) is 0.916. The summed E-state index contributed by atoms with van der Waals surface area (Å²) in [6, 6.07) is 6.44. The molecule has 3 nitrogen and oxygen atoms in total. The Labute approximate surface area is 122 Å². The predicted molar refractivity (Wildman–Crippen MR) is 83.9 cm³/mol. The summed E-state index contributed by atoms with van der Waals surface area (Å²) in [5.74, 6) is 3.02. The summed E-state index contributed by atoms with van der Waals surface area (Å²) >= 11 is 0. The van der Waals surface area contributed by atoms with E-state index in [0.29, 0.717) is 0 Å². The fourth-order valence-corrected chi connectivity index (χ4v) is 3.52. The Hall–Kier alpha value is -1.09. The standard InChI is InChI=1S/C17H27N3/c1-17(2,3)18-10-15-8-5-9-16(19-15)20-11-13-6-4-7-14(13)12-20/h5,8-9,13-14,18H,4,6-7,10-12H2,1-3H3. The molecule has 0 amide bonds. The van der Waals surface area contributed by atoms with Crippen molar-refractivity contribution in [1.29, 1.82) is 0 Å². The first-order chi connectivity index (χ1) is 9.51. The van der Waals surface area contributed by atoms with Gasteiger partial charge in [-0.25, -0.2) is 4.98 Å². The fourth-order valence-electron chi connectivity index (χ4n) is 3.52. The van der Waals surface area contributed by atoms with Crippen LogP contribution in [0.25, 0.3) is 0 Å². The average molecular weight is 273 g/mol. The zero-order valence-corrected chi connectivity index (χ0v) is 13.0.